The van der Waals surface area contributed by atoms with Gasteiger partial charge in [0.2, 0.25) is 0 Å². The highest BCUT2D eigenvalue weighted by atomic mass is 32.2. The zero-order chi connectivity index (χ0) is 23.3. The molecule has 4 rings (SSSR count). The topological polar surface area (TPSA) is 66.5 Å². The highest BCUT2D eigenvalue weighted by Crippen LogP contribution is 2.26. The van der Waals surface area contributed by atoms with Crippen molar-refractivity contribution in [1.82, 2.24) is 4.90 Å². The number of thiophene rings is 2. The predicted molar refractivity (Wildman–Crippen MR) is 135 cm³/mol. The van der Waals surface area contributed by atoms with Crippen molar-refractivity contribution in [3.05, 3.63) is 106 Å². The van der Waals surface area contributed by atoms with E-state index in [4.69, 9.17) is 0 Å². The summed E-state index contributed by atoms with van der Waals surface area (Å²) in [6, 6.07) is 23.8. The summed E-state index contributed by atoms with van der Waals surface area (Å²) in [6.07, 6.45) is 0.722. The van der Waals surface area contributed by atoms with Crippen molar-refractivity contribution in [2.75, 3.05) is 4.72 Å². The third kappa shape index (κ3) is 5.71. The quantitative estimate of drug-likeness (QED) is 0.314. The lowest BCUT2D eigenvalue weighted by molar-refractivity contribution is 0.0677. The van der Waals surface area contributed by atoms with E-state index in [0.29, 0.717) is 12.1 Å². The standard InChI is InChI=1S/C25H24N2O3S3/c1-19(17-21-11-7-15-31-21)27(18-20-9-3-2-4-10-20)25(28)22-12-5-6-13-23(22)26-33(29,30)24-14-8-16-32-24/h2-16,19,26H,17-18H2,1H3. The van der Waals surface area contributed by atoms with Crippen molar-refractivity contribution in [2.45, 2.75) is 30.1 Å². The molecule has 1 unspecified atom stereocenters. The van der Waals surface area contributed by atoms with Crippen molar-refractivity contribution in [3.63, 3.8) is 0 Å². The van der Waals surface area contributed by atoms with Crippen LogP contribution in [0.25, 0.3) is 0 Å². The van der Waals surface area contributed by atoms with Crippen LogP contribution in [0, 0.1) is 0 Å². The molecule has 0 aliphatic heterocycles. The number of carbonyl (C=O) groups excluding carboxylic acids is 1. The number of nitrogens with zero attached hydrogens (tertiary/aromatic N) is 1. The van der Waals surface area contributed by atoms with Gasteiger partial charge in [0.05, 0.1) is 11.3 Å². The molecule has 1 amide bonds. The number of amides is 1. The van der Waals surface area contributed by atoms with Gasteiger partial charge in [-0.3, -0.25) is 9.52 Å². The zero-order valence-corrected chi connectivity index (χ0v) is 20.5. The molecule has 1 atom stereocenters. The molecule has 0 aliphatic carbocycles. The Bertz CT molecular complexity index is 1290. The van der Waals surface area contributed by atoms with Crippen LogP contribution in [-0.2, 0) is 23.0 Å². The largest absolute Gasteiger partial charge is 0.331 e. The molecular formula is C25H24N2O3S3. The number of benzene rings is 2. The first-order valence-corrected chi connectivity index (χ1v) is 13.7. The van der Waals surface area contributed by atoms with Crippen LogP contribution < -0.4 is 4.72 Å². The van der Waals surface area contributed by atoms with Crippen LogP contribution in [0.15, 0.2) is 93.8 Å². The number of nitrogens with one attached hydrogen (secondary N) is 1. The lowest BCUT2D eigenvalue weighted by atomic mass is 10.1. The zero-order valence-electron chi connectivity index (χ0n) is 18.0. The Morgan fingerprint density at radius 3 is 2.30 bits per heavy atom. The lowest BCUT2D eigenvalue weighted by Gasteiger charge is -2.30. The highest BCUT2D eigenvalue weighted by Gasteiger charge is 2.26. The lowest BCUT2D eigenvalue weighted by Crippen LogP contribution is -2.39. The van der Waals surface area contributed by atoms with Crippen molar-refractivity contribution in [3.8, 4) is 0 Å². The van der Waals surface area contributed by atoms with Gasteiger partial charge < -0.3 is 4.90 Å². The van der Waals surface area contributed by atoms with Crippen LogP contribution >= 0.6 is 22.7 Å². The maximum atomic E-state index is 13.8. The SMILES string of the molecule is CC(Cc1cccs1)N(Cc1ccccc1)C(=O)c1ccccc1NS(=O)(=O)c1cccs1. The summed E-state index contributed by atoms with van der Waals surface area (Å²) in [5.41, 5.74) is 1.62. The molecule has 0 radical (unpaired) electrons. The van der Waals surface area contributed by atoms with Gasteiger partial charge in [-0.15, -0.1) is 22.7 Å². The second-order valence-electron chi connectivity index (χ2n) is 7.63. The monoisotopic (exact) mass is 496 g/mol. The number of anilines is 1. The first-order valence-electron chi connectivity index (χ1n) is 10.5. The Kier molecular flexibility index (Phi) is 7.27. The molecule has 2 aromatic carbocycles. The molecule has 0 saturated carbocycles. The van der Waals surface area contributed by atoms with E-state index in [1.165, 1.54) is 4.88 Å². The van der Waals surface area contributed by atoms with Gasteiger partial charge >= 0.3 is 0 Å². The van der Waals surface area contributed by atoms with Gasteiger partial charge in [0.15, 0.2) is 0 Å². The van der Waals surface area contributed by atoms with E-state index in [-0.39, 0.29) is 21.8 Å². The number of hydrogen-bond acceptors (Lipinski definition) is 5. The Morgan fingerprint density at radius 2 is 1.61 bits per heavy atom. The van der Waals surface area contributed by atoms with E-state index in [9.17, 15) is 13.2 Å². The molecule has 4 aromatic rings. The van der Waals surface area contributed by atoms with Crippen LogP contribution in [0.5, 0.6) is 0 Å². The minimum atomic E-state index is -3.77. The van der Waals surface area contributed by atoms with Gasteiger partial charge in [-0.2, -0.15) is 0 Å². The summed E-state index contributed by atoms with van der Waals surface area (Å²) in [5.74, 6) is -0.215. The van der Waals surface area contributed by atoms with Crippen LogP contribution in [0.1, 0.15) is 27.7 Å². The molecule has 33 heavy (non-hydrogen) atoms. The highest BCUT2D eigenvalue weighted by molar-refractivity contribution is 7.94. The molecule has 0 aliphatic rings. The minimum Gasteiger partial charge on any atom is -0.331 e. The Balaban J connectivity index is 1.65. The number of para-hydroxylation sites is 1. The third-order valence-corrected chi connectivity index (χ3v) is 8.89. The molecule has 8 heteroatoms. The molecule has 170 valence electrons. The maximum Gasteiger partial charge on any atom is 0.271 e. The second kappa shape index (κ2) is 10.3. The molecule has 0 spiro atoms. The van der Waals surface area contributed by atoms with E-state index in [1.54, 1.807) is 53.1 Å². The maximum absolute atomic E-state index is 13.8. The van der Waals surface area contributed by atoms with Gasteiger partial charge in [-0.05, 0) is 47.5 Å². The van der Waals surface area contributed by atoms with Crippen molar-refractivity contribution >= 4 is 44.3 Å². The number of rotatable bonds is 9. The van der Waals surface area contributed by atoms with Gasteiger partial charge in [-0.25, -0.2) is 8.42 Å². The average Bonchev–Trinajstić information content (AvgIpc) is 3.53. The summed E-state index contributed by atoms with van der Waals surface area (Å²) in [5, 5.41) is 3.74. The predicted octanol–water partition coefficient (Wildman–Crippen LogP) is 5.88. The number of sulfonamides is 1. The summed E-state index contributed by atoms with van der Waals surface area (Å²) in [6.45, 7) is 2.46. The Hall–Kier alpha value is -2.94. The fraction of sp³-hybridized carbons (Fsp3) is 0.160. The van der Waals surface area contributed by atoms with E-state index in [0.717, 1.165) is 23.3 Å². The average molecular weight is 497 g/mol. The van der Waals surface area contributed by atoms with Crippen LogP contribution in [0.3, 0.4) is 0 Å². The number of hydrogen-bond donors (Lipinski definition) is 1. The van der Waals surface area contributed by atoms with Gasteiger partial charge in [0.25, 0.3) is 15.9 Å². The first kappa shape index (κ1) is 23.2. The summed E-state index contributed by atoms with van der Waals surface area (Å²) in [4.78, 5) is 16.8. The molecule has 0 fully saturated rings. The molecule has 0 saturated heterocycles. The normalized spacial score (nSPS) is 12.3. The first-order chi connectivity index (χ1) is 15.9. The van der Waals surface area contributed by atoms with Gasteiger partial charge in [-0.1, -0.05) is 54.6 Å². The number of carbonyl (C=O) groups is 1. The van der Waals surface area contributed by atoms with Crippen molar-refractivity contribution in [1.29, 1.82) is 0 Å². The van der Waals surface area contributed by atoms with E-state index in [1.807, 2.05) is 53.6 Å². The van der Waals surface area contributed by atoms with Gasteiger partial charge in [0.1, 0.15) is 4.21 Å². The minimum absolute atomic E-state index is 0.0849. The fourth-order valence-corrected chi connectivity index (χ4v) is 6.46. The molecule has 2 heterocycles. The fourth-order valence-electron chi connectivity index (χ4n) is 3.56. The smallest absolute Gasteiger partial charge is 0.271 e. The molecule has 2 aromatic heterocycles. The Labute approximate surface area is 202 Å². The van der Waals surface area contributed by atoms with Crippen LogP contribution in [-0.4, -0.2) is 25.3 Å². The third-order valence-electron chi connectivity index (χ3n) is 5.23. The molecule has 1 N–H and O–H groups in total. The van der Waals surface area contributed by atoms with Crippen LogP contribution in [0.4, 0.5) is 5.69 Å². The molecule has 0 bridgehead atoms. The second-order valence-corrected chi connectivity index (χ2v) is 11.5. The Morgan fingerprint density at radius 1 is 0.909 bits per heavy atom. The summed E-state index contributed by atoms with van der Waals surface area (Å²) < 4.78 is 28.5. The van der Waals surface area contributed by atoms with Crippen molar-refractivity contribution in [2.24, 2.45) is 0 Å². The summed E-state index contributed by atoms with van der Waals surface area (Å²) >= 11 is 2.80. The van der Waals surface area contributed by atoms with Crippen molar-refractivity contribution < 1.29 is 13.2 Å². The molecular weight excluding hydrogens is 472 g/mol. The molecule has 5 nitrogen and oxygen atoms in total. The summed E-state index contributed by atoms with van der Waals surface area (Å²) in [7, 11) is -3.77. The van der Waals surface area contributed by atoms with E-state index < -0.39 is 10.0 Å². The van der Waals surface area contributed by atoms with E-state index >= 15 is 0 Å². The van der Waals surface area contributed by atoms with Crippen LogP contribution in [0.2, 0.25) is 0 Å². The van der Waals surface area contributed by atoms with Gasteiger partial charge in [0, 0.05) is 23.9 Å². The van der Waals surface area contributed by atoms with E-state index in [2.05, 4.69) is 10.8 Å².